The maximum absolute atomic E-state index is 13.5. The van der Waals surface area contributed by atoms with Gasteiger partial charge in [-0.15, -0.1) is 0 Å². The molecular formula is C29H28FN3O. The lowest BCUT2D eigenvalue weighted by Crippen LogP contribution is -2.50. The molecule has 5 heteroatoms. The van der Waals surface area contributed by atoms with Gasteiger partial charge < -0.3 is 9.88 Å². The Bertz CT molecular complexity index is 1320. The molecule has 4 nitrogen and oxygen atoms in total. The highest BCUT2D eigenvalue weighted by molar-refractivity contribution is 5.98. The second-order valence-corrected chi connectivity index (χ2v) is 9.63. The normalized spacial score (nSPS) is 22.2. The molecule has 2 bridgehead atoms. The molecular weight excluding hydrogens is 425 g/mol. The molecule has 2 fully saturated rings. The number of nitrogens with one attached hydrogen (secondary N) is 1. The SMILES string of the molecule is O=C(NC1C[C@H]2CC[C@@H](C1)N2Cc1ccc2cc(F)ccc2c1)c1ccccc1-n1cccc1. The van der Waals surface area contributed by atoms with Gasteiger partial charge in [0.25, 0.3) is 5.91 Å². The zero-order valence-corrected chi connectivity index (χ0v) is 19.0. The summed E-state index contributed by atoms with van der Waals surface area (Å²) in [6.07, 6.45) is 8.24. The van der Waals surface area contributed by atoms with E-state index in [-0.39, 0.29) is 17.8 Å². The average molecular weight is 454 g/mol. The topological polar surface area (TPSA) is 37.3 Å². The molecule has 0 saturated carbocycles. The first-order chi connectivity index (χ1) is 16.6. The van der Waals surface area contributed by atoms with Crippen LogP contribution in [0.1, 0.15) is 41.6 Å². The molecule has 3 atom stereocenters. The highest BCUT2D eigenvalue weighted by Crippen LogP contribution is 2.37. The zero-order chi connectivity index (χ0) is 23.1. The molecule has 3 heterocycles. The van der Waals surface area contributed by atoms with Crippen molar-refractivity contribution in [3.63, 3.8) is 0 Å². The number of hydrogen-bond donors (Lipinski definition) is 1. The lowest BCUT2D eigenvalue weighted by Gasteiger charge is -2.39. The Morgan fingerprint density at radius 2 is 1.59 bits per heavy atom. The van der Waals surface area contributed by atoms with E-state index in [2.05, 4.69) is 22.3 Å². The van der Waals surface area contributed by atoms with Crippen molar-refractivity contribution in [3.8, 4) is 5.69 Å². The summed E-state index contributed by atoms with van der Waals surface area (Å²) in [6.45, 7) is 0.903. The van der Waals surface area contributed by atoms with Crippen LogP contribution in [0.25, 0.3) is 16.5 Å². The summed E-state index contributed by atoms with van der Waals surface area (Å²) in [4.78, 5) is 15.8. The number of carbonyl (C=O) groups excluding carboxylic acids is 1. The van der Waals surface area contributed by atoms with E-state index in [0.717, 1.165) is 35.8 Å². The number of piperidine rings is 1. The van der Waals surface area contributed by atoms with Gasteiger partial charge in [-0.3, -0.25) is 9.69 Å². The van der Waals surface area contributed by atoms with Crippen LogP contribution in [-0.4, -0.2) is 33.5 Å². The Morgan fingerprint density at radius 1 is 0.882 bits per heavy atom. The van der Waals surface area contributed by atoms with E-state index in [1.165, 1.54) is 24.5 Å². The monoisotopic (exact) mass is 453 g/mol. The summed E-state index contributed by atoms with van der Waals surface area (Å²) >= 11 is 0. The quantitative estimate of drug-likeness (QED) is 0.421. The first-order valence-corrected chi connectivity index (χ1v) is 12.1. The minimum atomic E-state index is -0.196. The van der Waals surface area contributed by atoms with Gasteiger partial charge in [0.15, 0.2) is 0 Å². The number of nitrogens with zero attached hydrogens (tertiary/aromatic N) is 2. The van der Waals surface area contributed by atoms with Crippen molar-refractivity contribution in [2.45, 2.75) is 50.4 Å². The number of carbonyl (C=O) groups is 1. The molecule has 0 aliphatic carbocycles. The van der Waals surface area contributed by atoms with Crippen LogP contribution >= 0.6 is 0 Å². The summed E-state index contributed by atoms with van der Waals surface area (Å²) in [5, 5.41) is 5.35. The lowest BCUT2D eigenvalue weighted by molar-refractivity contribution is 0.0828. The third-order valence-corrected chi connectivity index (χ3v) is 7.48. The number of hydrogen-bond acceptors (Lipinski definition) is 2. The van der Waals surface area contributed by atoms with Crippen LogP contribution in [0.15, 0.2) is 85.2 Å². The third-order valence-electron chi connectivity index (χ3n) is 7.48. The molecule has 6 rings (SSSR count). The molecule has 0 radical (unpaired) electrons. The largest absolute Gasteiger partial charge is 0.349 e. The molecule has 172 valence electrons. The summed E-state index contributed by atoms with van der Waals surface area (Å²) < 4.78 is 15.5. The van der Waals surface area contributed by atoms with Crippen molar-refractivity contribution in [3.05, 3.63) is 102 Å². The third kappa shape index (κ3) is 4.01. The molecule has 1 unspecified atom stereocenters. The van der Waals surface area contributed by atoms with Crippen LogP contribution < -0.4 is 5.32 Å². The van der Waals surface area contributed by atoms with E-state index in [9.17, 15) is 9.18 Å². The predicted octanol–water partition coefficient (Wildman–Crippen LogP) is 5.70. The fourth-order valence-corrected chi connectivity index (χ4v) is 5.87. The van der Waals surface area contributed by atoms with Crippen LogP contribution in [0.2, 0.25) is 0 Å². The van der Waals surface area contributed by atoms with Gasteiger partial charge in [-0.1, -0.05) is 30.3 Å². The van der Waals surface area contributed by atoms with Crippen molar-refractivity contribution in [1.29, 1.82) is 0 Å². The molecule has 0 spiro atoms. The molecule has 1 N–H and O–H groups in total. The van der Waals surface area contributed by atoms with Gasteiger partial charge in [-0.05, 0) is 84.5 Å². The number of benzene rings is 3. The number of amides is 1. The van der Waals surface area contributed by atoms with E-state index in [1.54, 1.807) is 6.07 Å². The maximum atomic E-state index is 13.5. The predicted molar refractivity (Wildman–Crippen MR) is 133 cm³/mol. The van der Waals surface area contributed by atoms with Gasteiger partial charge >= 0.3 is 0 Å². The average Bonchev–Trinajstić information content (AvgIpc) is 3.46. The minimum Gasteiger partial charge on any atom is -0.349 e. The zero-order valence-electron chi connectivity index (χ0n) is 19.0. The van der Waals surface area contributed by atoms with Crippen LogP contribution in [0, 0.1) is 5.82 Å². The second kappa shape index (κ2) is 8.73. The lowest BCUT2D eigenvalue weighted by atomic mass is 9.95. The number of aromatic nitrogens is 1. The van der Waals surface area contributed by atoms with E-state index < -0.39 is 0 Å². The van der Waals surface area contributed by atoms with Crippen molar-refractivity contribution in [1.82, 2.24) is 14.8 Å². The highest BCUT2D eigenvalue weighted by atomic mass is 19.1. The Hall–Kier alpha value is -3.44. The number of rotatable bonds is 5. The van der Waals surface area contributed by atoms with E-state index in [0.29, 0.717) is 17.6 Å². The van der Waals surface area contributed by atoms with Crippen LogP contribution in [0.4, 0.5) is 4.39 Å². The summed E-state index contributed by atoms with van der Waals surface area (Å²) in [6, 6.07) is 24.2. The fourth-order valence-electron chi connectivity index (χ4n) is 5.87. The van der Waals surface area contributed by atoms with Gasteiger partial charge in [-0.25, -0.2) is 4.39 Å². The molecule has 2 aliphatic heterocycles. The molecule has 34 heavy (non-hydrogen) atoms. The maximum Gasteiger partial charge on any atom is 0.253 e. The molecule has 1 aromatic heterocycles. The van der Waals surface area contributed by atoms with Crippen LogP contribution in [-0.2, 0) is 6.54 Å². The van der Waals surface area contributed by atoms with E-state index >= 15 is 0 Å². The Balaban J connectivity index is 1.14. The second-order valence-electron chi connectivity index (χ2n) is 9.63. The van der Waals surface area contributed by atoms with Crippen LogP contribution in [0.5, 0.6) is 0 Å². The number of para-hydroxylation sites is 1. The molecule has 1 amide bonds. The molecule has 3 aromatic carbocycles. The van der Waals surface area contributed by atoms with E-state index in [4.69, 9.17) is 0 Å². The Morgan fingerprint density at radius 3 is 2.38 bits per heavy atom. The van der Waals surface area contributed by atoms with Crippen LogP contribution in [0.3, 0.4) is 0 Å². The van der Waals surface area contributed by atoms with Crippen molar-refractivity contribution >= 4 is 16.7 Å². The Kier molecular flexibility index (Phi) is 5.42. The molecule has 2 aliphatic rings. The van der Waals surface area contributed by atoms with Gasteiger partial charge in [0.2, 0.25) is 0 Å². The summed E-state index contributed by atoms with van der Waals surface area (Å²) in [7, 11) is 0. The van der Waals surface area contributed by atoms with Crippen molar-refractivity contribution in [2.75, 3.05) is 0 Å². The summed E-state index contributed by atoms with van der Waals surface area (Å²) in [5.41, 5.74) is 2.88. The minimum absolute atomic E-state index is 0.00362. The van der Waals surface area contributed by atoms with Gasteiger partial charge in [0, 0.05) is 37.1 Å². The van der Waals surface area contributed by atoms with Gasteiger partial charge in [0.05, 0.1) is 11.3 Å². The fraction of sp³-hybridized carbons (Fsp3) is 0.276. The Labute approximate surface area is 199 Å². The number of fused-ring (bicyclic) bond motifs is 3. The standard InChI is InChI=1S/C29H28FN3O/c30-23-10-9-21-15-20(7-8-22(21)16-23)19-33-25-11-12-26(33)18-24(17-25)31-29(34)27-5-1-2-6-28(27)32-13-3-4-14-32/h1-10,13-16,24-26H,11-12,17-19H2,(H,31,34)/t24?,25-,26+. The van der Waals surface area contributed by atoms with Gasteiger partial charge in [0.1, 0.15) is 5.82 Å². The smallest absolute Gasteiger partial charge is 0.253 e. The number of halogens is 1. The van der Waals surface area contributed by atoms with E-state index in [1.807, 2.05) is 65.5 Å². The van der Waals surface area contributed by atoms with Gasteiger partial charge in [-0.2, -0.15) is 0 Å². The molecule has 4 aromatic rings. The molecule has 2 saturated heterocycles. The van der Waals surface area contributed by atoms with Crippen molar-refractivity contribution < 1.29 is 9.18 Å². The highest BCUT2D eigenvalue weighted by Gasteiger charge is 2.41. The summed E-state index contributed by atoms with van der Waals surface area (Å²) in [5.74, 6) is -0.192. The first-order valence-electron chi connectivity index (χ1n) is 12.1. The van der Waals surface area contributed by atoms with Crippen molar-refractivity contribution in [2.24, 2.45) is 0 Å². The first kappa shape index (κ1) is 21.1.